The highest BCUT2D eigenvalue weighted by molar-refractivity contribution is 5.97. The summed E-state index contributed by atoms with van der Waals surface area (Å²) in [6.45, 7) is 13.6. The van der Waals surface area contributed by atoms with Crippen LogP contribution in [0.4, 0.5) is 4.79 Å². The Morgan fingerprint density at radius 2 is 1.73 bits per heavy atom. The minimum Gasteiger partial charge on any atom is -0.444 e. The second kappa shape index (κ2) is 11.0. The van der Waals surface area contributed by atoms with E-state index >= 15 is 0 Å². The van der Waals surface area contributed by atoms with Gasteiger partial charge in [0.25, 0.3) is 5.91 Å². The molecule has 0 saturated carbocycles. The number of imidazole rings is 1. The van der Waals surface area contributed by atoms with E-state index in [-0.39, 0.29) is 18.0 Å². The van der Waals surface area contributed by atoms with E-state index in [9.17, 15) is 9.59 Å². The highest BCUT2D eigenvalue weighted by Crippen LogP contribution is 2.34. The summed E-state index contributed by atoms with van der Waals surface area (Å²) in [4.78, 5) is 38.7. The normalized spacial score (nSPS) is 17.6. The largest absolute Gasteiger partial charge is 0.444 e. The van der Waals surface area contributed by atoms with Crippen LogP contribution in [-0.4, -0.2) is 57.0 Å². The summed E-state index contributed by atoms with van der Waals surface area (Å²) in [6.07, 6.45) is 2.12. The number of nitriles is 1. The predicted octanol–water partition coefficient (Wildman–Crippen LogP) is 6.44. The molecule has 1 N–H and O–H groups in total. The summed E-state index contributed by atoms with van der Waals surface area (Å²) in [5.41, 5.74) is 6.78. The fourth-order valence-electron chi connectivity index (χ4n) is 5.98. The Morgan fingerprint density at radius 1 is 1.05 bits per heavy atom. The van der Waals surface area contributed by atoms with Gasteiger partial charge in [-0.2, -0.15) is 5.26 Å². The Kier molecular flexibility index (Phi) is 7.65. The van der Waals surface area contributed by atoms with Gasteiger partial charge in [-0.05, 0) is 95.2 Å². The summed E-state index contributed by atoms with van der Waals surface area (Å²) in [5, 5.41) is 9.07. The van der Waals surface area contributed by atoms with Crippen molar-refractivity contribution in [3.63, 3.8) is 0 Å². The molecule has 214 valence electrons. The van der Waals surface area contributed by atoms with Crippen LogP contribution in [0.1, 0.15) is 96.5 Å². The number of nitrogens with zero attached hydrogens (tertiary/aromatic N) is 4. The summed E-state index contributed by atoms with van der Waals surface area (Å²) < 4.78 is 5.62. The molecule has 5 rings (SSSR count). The van der Waals surface area contributed by atoms with Gasteiger partial charge >= 0.3 is 6.09 Å². The average Bonchev–Trinajstić information content (AvgIpc) is 3.37. The summed E-state index contributed by atoms with van der Waals surface area (Å²) in [5.74, 6) is 1.15. The molecule has 0 aliphatic carbocycles. The van der Waals surface area contributed by atoms with E-state index < -0.39 is 5.60 Å². The topological polar surface area (TPSA) is 102 Å². The lowest BCUT2D eigenvalue weighted by atomic mass is 9.88. The first-order valence-corrected chi connectivity index (χ1v) is 14.4. The van der Waals surface area contributed by atoms with E-state index in [1.807, 2.05) is 76.8 Å². The summed E-state index contributed by atoms with van der Waals surface area (Å²) >= 11 is 0. The van der Waals surface area contributed by atoms with Gasteiger partial charge in [-0.3, -0.25) is 9.69 Å². The number of aryl methyl sites for hydroxylation is 2. The van der Waals surface area contributed by atoms with E-state index in [0.717, 1.165) is 46.7 Å². The number of hydrogen-bond acceptors (Lipinski definition) is 5. The second-order valence-corrected chi connectivity index (χ2v) is 12.3. The van der Waals surface area contributed by atoms with Gasteiger partial charge in [-0.1, -0.05) is 18.2 Å². The van der Waals surface area contributed by atoms with Crippen molar-refractivity contribution in [2.75, 3.05) is 19.6 Å². The zero-order valence-corrected chi connectivity index (χ0v) is 24.9. The maximum Gasteiger partial charge on any atom is 0.410 e. The van der Waals surface area contributed by atoms with Crippen LogP contribution in [0.15, 0.2) is 36.4 Å². The molecule has 0 bridgehead atoms. The van der Waals surface area contributed by atoms with Crippen LogP contribution in [0, 0.1) is 25.2 Å². The van der Waals surface area contributed by atoms with E-state index in [4.69, 9.17) is 15.0 Å². The number of carbonyl (C=O) groups is 2. The molecule has 8 heteroatoms. The number of hydrogen-bond donors (Lipinski definition) is 1. The third-order valence-corrected chi connectivity index (χ3v) is 8.25. The Balaban J connectivity index is 1.33. The van der Waals surface area contributed by atoms with E-state index in [1.54, 1.807) is 4.90 Å². The fourth-order valence-corrected chi connectivity index (χ4v) is 5.98. The van der Waals surface area contributed by atoms with Gasteiger partial charge in [0.2, 0.25) is 0 Å². The fraction of sp³-hybridized carbons (Fsp3) is 0.455. The lowest BCUT2D eigenvalue weighted by Gasteiger charge is -2.34. The number of amides is 2. The molecule has 1 fully saturated rings. The zero-order chi connectivity index (χ0) is 29.5. The summed E-state index contributed by atoms with van der Waals surface area (Å²) in [6, 6.07) is 13.8. The quantitative estimate of drug-likeness (QED) is 0.402. The third-order valence-electron chi connectivity index (χ3n) is 8.25. The molecule has 1 saturated heterocycles. The molecule has 2 aromatic carbocycles. The molecule has 0 spiro atoms. The van der Waals surface area contributed by atoms with Gasteiger partial charge in [0, 0.05) is 42.9 Å². The highest BCUT2D eigenvalue weighted by atomic mass is 16.6. The van der Waals surface area contributed by atoms with Crippen molar-refractivity contribution < 1.29 is 14.3 Å². The maximum atomic E-state index is 13.7. The Labute approximate surface area is 242 Å². The van der Waals surface area contributed by atoms with Crippen molar-refractivity contribution in [2.45, 2.75) is 78.4 Å². The Hall–Kier alpha value is -4.12. The first-order valence-electron chi connectivity index (χ1n) is 14.4. The van der Waals surface area contributed by atoms with Crippen molar-refractivity contribution >= 4 is 12.0 Å². The molecule has 2 aliphatic rings. The molecule has 3 heterocycles. The molecular weight excluding hydrogens is 514 g/mol. The van der Waals surface area contributed by atoms with Crippen molar-refractivity contribution in [3.05, 3.63) is 75.6 Å². The van der Waals surface area contributed by atoms with Gasteiger partial charge in [0.1, 0.15) is 11.4 Å². The standard InChI is InChI=1S/C33H39N5O3/c1-20-17-21(2)27(31(39)37-14-11-25(12-15-37)24-9-7-23(19-34)8-10-24)18-26(20)30-35-28-13-16-38(22(3)29(28)36-30)32(40)41-33(4,5)6/h7-10,17-18,22,25H,11-16H2,1-6H3,(H,35,36). The number of carbonyl (C=O) groups excluding carboxylic acids is 2. The number of aromatic amines is 1. The van der Waals surface area contributed by atoms with Crippen molar-refractivity contribution in [1.29, 1.82) is 5.26 Å². The number of nitrogens with one attached hydrogen (secondary N) is 1. The molecule has 41 heavy (non-hydrogen) atoms. The molecule has 1 atom stereocenters. The molecule has 2 aliphatic heterocycles. The lowest BCUT2D eigenvalue weighted by molar-refractivity contribution is 0.0155. The average molecular weight is 554 g/mol. The second-order valence-electron chi connectivity index (χ2n) is 12.3. The van der Waals surface area contributed by atoms with Crippen molar-refractivity contribution in [2.24, 2.45) is 0 Å². The number of fused-ring (bicyclic) bond motifs is 1. The Morgan fingerprint density at radius 3 is 2.37 bits per heavy atom. The molecule has 0 radical (unpaired) electrons. The number of H-pyrrole nitrogens is 1. The van der Waals surface area contributed by atoms with E-state index in [0.29, 0.717) is 43.1 Å². The number of aromatic nitrogens is 2. The first kappa shape index (κ1) is 28.4. The van der Waals surface area contributed by atoms with Gasteiger partial charge < -0.3 is 14.6 Å². The molecule has 8 nitrogen and oxygen atoms in total. The van der Waals surface area contributed by atoms with Gasteiger partial charge in [0.15, 0.2) is 0 Å². The SMILES string of the molecule is Cc1cc(C)c(-c2nc3c([nH]2)CCN(C(=O)OC(C)(C)C)C3C)cc1C(=O)N1CCC(c2ccc(C#N)cc2)CC1. The molecular formula is C33H39N5O3. The van der Waals surface area contributed by atoms with Crippen LogP contribution < -0.4 is 0 Å². The minimum atomic E-state index is -0.561. The van der Waals surface area contributed by atoms with Crippen molar-refractivity contribution in [1.82, 2.24) is 19.8 Å². The van der Waals surface area contributed by atoms with E-state index in [1.165, 1.54) is 5.56 Å². The highest BCUT2D eigenvalue weighted by Gasteiger charge is 2.34. The van der Waals surface area contributed by atoms with E-state index in [2.05, 4.69) is 17.1 Å². The van der Waals surface area contributed by atoms with Crippen LogP contribution in [0.3, 0.4) is 0 Å². The van der Waals surface area contributed by atoms with Crippen LogP contribution in [0.2, 0.25) is 0 Å². The maximum absolute atomic E-state index is 13.7. The van der Waals surface area contributed by atoms with Crippen molar-refractivity contribution in [3.8, 4) is 17.5 Å². The van der Waals surface area contributed by atoms with Gasteiger partial charge in [-0.25, -0.2) is 9.78 Å². The minimum absolute atomic E-state index is 0.0443. The summed E-state index contributed by atoms with van der Waals surface area (Å²) in [7, 11) is 0. The number of likely N-dealkylation sites (tertiary alicyclic amines) is 1. The number of piperidine rings is 1. The van der Waals surface area contributed by atoms with Crippen LogP contribution >= 0.6 is 0 Å². The molecule has 1 aromatic heterocycles. The predicted molar refractivity (Wildman–Crippen MR) is 158 cm³/mol. The number of ether oxygens (including phenoxy) is 1. The van der Waals surface area contributed by atoms with Crippen LogP contribution in [0.25, 0.3) is 11.4 Å². The molecule has 2 amide bonds. The Bertz CT molecular complexity index is 1500. The first-order chi connectivity index (χ1) is 19.4. The zero-order valence-electron chi connectivity index (χ0n) is 24.9. The van der Waals surface area contributed by atoms with Crippen LogP contribution in [-0.2, 0) is 11.2 Å². The molecule has 1 unspecified atom stereocenters. The number of benzene rings is 2. The van der Waals surface area contributed by atoms with Gasteiger partial charge in [0.05, 0.1) is 23.4 Å². The smallest absolute Gasteiger partial charge is 0.410 e. The lowest BCUT2D eigenvalue weighted by Crippen LogP contribution is -2.42. The molecule has 3 aromatic rings. The third kappa shape index (κ3) is 5.85. The monoisotopic (exact) mass is 553 g/mol. The van der Waals surface area contributed by atoms with Crippen LogP contribution in [0.5, 0.6) is 0 Å². The van der Waals surface area contributed by atoms with Gasteiger partial charge in [-0.15, -0.1) is 0 Å². The number of rotatable bonds is 3.